The van der Waals surface area contributed by atoms with Gasteiger partial charge in [-0.2, -0.15) is 0 Å². The molecule has 0 aliphatic rings. The molecule has 0 radical (unpaired) electrons. The second-order valence-electron chi connectivity index (χ2n) is 6.71. The Labute approximate surface area is 136 Å². The summed E-state index contributed by atoms with van der Waals surface area (Å²) < 4.78 is 5.32. The van der Waals surface area contributed by atoms with E-state index in [0.717, 1.165) is 0 Å². The Kier molecular flexibility index (Phi) is 5.21. The highest BCUT2D eigenvalue weighted by atomic mass is 16.3. The van der Waals surface area contributed by atoms with Gasteiger partial charge in [0.25, 0.3) is 5.91 Å². The first-order valence-electron chi connectivity index (χ1n) is 7.76. The number of nitrogens with zero attached hydrogens (tertiary/aromatic N) is 1. The molecule has 5 nitrogen and oxygen atoms in total. The molecule has 2 aromatic rings. The van der Waals surface area contributed by atoms with Crippen LogP contribution in [-0.4, -0.2) is 28.6 Å². The lowest BCUT2D eigenvalue weighted by atomic mass is 9.87. The van der Waals surface area contributed by atoms with Gasteiger partial charge < -0.3 is 14.8 Å². The van der Waals surface area contributed by atoms with E-state index in [4.69, 9.17) is 4.42 Å². The molecular weight excluding hydrogens is 292 g/mol. The molecule has 2 aromatic heterocycles. The normalized spacial score (nSPS) is 12.9. The van der Waals surface area contributed by atoms with E-state index < -0.39 is 6.10 Å². The van der Waals surface area contributed by atoms with Crippen molar-refractivity contribution < 1.29 is 14.3 Å². The number of aliphatic hydroxyl groups excluding tert-OH is 1. The molecule has 0 spiro atoms. The standard InChI is InChI=1S/C18H24N2O3/c1-12(21)10-18(3,4)11-19-17(22)14-7-8-15(20-13(14)2)16-6-5-9-23-16/h5-9,12,21H,10-11H2,1-4H3,(H,19,22). The molecule has 1 amide bonds. The Bertz CT molecular complexity index is 661. The minimum absolute atomic E-state index is 0.153. The van der Waals surface area contributed by atoms with Crippen LogP contribution in [0.2, 0.25) is 0 Å². The van der Waals surface area contributed by atoms with Crippen LogP contribution >= 0.6 is 0 Å². The Morgan fingerprint density at radius 2 is 2.13 bits per heavy atom. The van der Waals surface area contributed by atoms with Crippen molar-refractivity contribution in [3.63, 3.8) is 0 Å². The van der Waals surface area contributed by atoms with Crippen LogP contribution in [0.1, 0.15) is 43.2 Å². The van der Waals surface area contributed by atoms with Gasteiger partial charge in [-0.05, 0) is 49.9 Å². The maximum absolute atomic E-state index is 12.4. The average molecular weight is 316 g/mol. The predicted octanol–water partition coefficient (Wildman–Crippen LogP) is 3.18. The van der Waals surface area contributed by atoms with Gasteiger partial charge in [-0.1, -0.05) is 13.8 Å². The van der Waals surface area contributed by atoms with Crippen LogP contribution in [0.15, 0.2) is 34.9 Å². The molecule has 0 bridgehead atoms. The second kappa shape index (κ2) is 6.96. The van der Waals surface area contributed by atoms with Gasteiger partial charge >= 0.3 is 0 Å². The molecule has 23 heavy (non-hydrogen) atoms. The summed E-state index contributed by atoms with van der Waals surface area (Å²) in [5, 5.41) is 12.4. The van der Waals surface area contributed by atoms with E-state index in [1.807, 2.05) is 26.8 Å². The van der Waals surface area contributed by atoms with E-state index in [0.29, 0.717) is 35.7 Å². The highest BCUT2D eigenvalue weighted by molar-refractivity contribution is 5.95. The number of hydrogen-bond donors (Lipinski definition) is 2. The zero-order chi connectivity index (χ0) is 17.0. The fourth-order valence-electron chi connectivity index (χ4n) is 2.65. The number of nitrogens with one attached hydrogen (secondary N) is 1. The number of pyridine rings is 1. The largest absolute Gasteiger partial charge is 0.463 e. The van der Waals surface area contributed by atoms with Crippen molar-refractivity contribution in [3.8, 4) is 11.5 Å². The van der Waals surface area contributed by atoms with Gasteiger partial charge in [0.05, 0.1) is 23.6 Å². The van der Waals surface area contributed by atoms with Crippen molar-refractivity contribution in [2.24, 2.45) is 5.41 Å². The van der Waals surface area contributed by atoms with Crippen LogP contribution in [0.3, 0.4) is 0 Å². The fraction of sp³-hybridized carbons (Fsp3) is 0.444. The summed E-state index contributed by atoms with van der Waals surface area (Å²) in [6, 6.07) is 7.18. The highest BCUT2D eigenvalue weighted by Gasteiger charge is 2.22. The third kappa shape index (κ3) is 4.66. The van der Waals surface area contributed by atoms with E-state index in [1.54, 1.807) is 31.4 Å². The third-order valence-electron chi connectivity index (χ3n) is 3.68. The molecule has 0 aromatic carbocycles. The number of rotatable bonds is 6. The zero-order valence-corrected chi connectivity index (χ0v) is 14.1. The predicted molar refractivity (Wildman–Crippen MR) is 89.1 cm³/mol. The lowest BCUT2D eigenvalue weighted by Gasteiger charge is -2.26. The maximum atomic E-state index is 12.4. The summed E-state index contributed by atoms with van der Waals surface area (Å²) in [6.07, 6.45) is 1.83. The van der Waals surface area contributed by atoms with Crippen molar-refractivity contribution in [2.75, 3.05) is 6.54 Å². The topological polar surface area (TPSA) is 75.4 Å². The minimum Gasteiger partial charge on any atom is -0.463 e. The number of aryl methyl sites for hydroxylation is 1. The van der Waals surface area contributed by atoms with Crippen molar-refractivity contribution in [2.45, 2.75) is 40.2 Å². The van der Waals surface area contributed by atoms with E-state index in [9.17, 15) is 9.90 Å². The number of aliphatic hydroxyl groups is 1. The molecule has 0 saturated carbocycles. The summed E-state index contributed by atoms with van der Waals surface area (Å²) >= 11 is 0. The summed E-state index contributed by atoms with van der Waals surface area (Å²) in [7, 11) is 0. The molecule has 1 unspecified atom stereocenters. The van der Waals surface area contributed by atoms with Gasteiger partial charge in [-0.15, -0.1) is 0 Å². The number of amides is 1. The van der Waals surface area contributed by atoms with Gasteiger partial charge in [0.2, 0.25) is 0 Å². The van der Waals surface area contributed by atoms with Gasteiger partial charge in [0.1, 0.15) is 5.69 Å². The van der Waals surface area contributed by atoms with E-state index in [2.05, 4.69) is 10.3 Å². The third-order valence-corrected chi connectivity index (χ3v) is 3.68. The maximum Gasteiger partial charge on any atom is 0.253 e. The highest BCUT2D eigenvalue weighted by Crippen LogP contribution is 2.22. The number of carbonyl (C=O) groups excluding carboxylic acids is 1. The minimum atomic E-state index is -0.391. The molecule has 2 N–H and O–H groups in total. The zero-order valence-electron chi connectivity index (χ0n) is 14.1. The number of furan rings is 1. The Balaban J connectivity index is 2.05. The molecular formula is C18H24N2O3. The van der Waals surface area contributed by atoms with Crippen LogP contribution in [0, 0.1) is 12.3 Å². The first-order chi connectivity index (χ1) is 10.8. The first-order valence-corrected chi connectivity index (χ1v) is 7.76. The van der Waals surface area contributed by atoms with Crippen LogP contribution < -0.4 is 5.32 Å². The fourth-order valence-corrected chi connectivity index (χ4v) is 2.65. The van der Waals surface area contributed by atoms with Crippen molar-refractivity contribution in [1.29, 1.82) is 0 Å². The Morgan fingerprint density at radius 3 is 2.70 bits per heavy atom. The molecule has 2 rings (SSSR count). The van der Waals surface area contributed by atoms with Crippen molar-refractivity contribution in [1.82, 2.24) is 10.3 Å². The molecule has 1 atom stereocenters. The SMILES string of the molecule is Cc1nc(-c2ccco2)ccc1C(=O)NCC(C)(C)CC(C)O. The van der Waals surface area contributed by atoms with Crippen LogP contribution in [-0.2, 0) is 0 Å². The number of hydrogen-bond acceptors (Lipinski definition) is 4. The summed E-state index contributed by atoms with van der Waals surface area (Å²) in [5.41, 5.74) is 1.75. The lowest BCUT2D eigenvalue weighted by Crippen LogP contribution is -2.36. The summed E-state index contributed by atoms with van der Waals surface area (Å²) in [6.45, 7) is 8.10. The van der Waals surface area contributed by atoms with Gasteiger partial charge in [-0.25, -0.2) is 4.98 Å². The van der Waals surface area contributed by atoms with Crippen LogP contribution in [0.25, 0.3) is 11.5 Å². The molecule has 0 fully saturated rings. The summed E-state index contributed by atoms with van der Waals surface area (Å²) in [5.74, 6) is 0.526. The molecule has 5 heteroatoms. The Morgan fingerprint density at radius 1 is 1.39 bits per heavy atom. The van der Waals surface area contributed by atoms with Gasteiger partial charge in [0.15, 0.2) is 5.76 Å². The van der Waals surface area contributed by atoms with Crippen LogP contribution in [0.4, 0.5) is 0 Å². The quantitative estimate of drug-likeness (QED) is 0.858. The molecule has 0 saturated heterocycles. The Hall–Kier alpha value is -2.14. The van der Waals surface area contributed by atoms with E-state index in [-0.39, 0.29) is 11.3 Å². The molecule has 2 heterocycles. The van der Waals surface area contributed by atoms with E-state index in [1.165, 1.54) is 0 Å². The summed E-state index contributed by atoms with van der Waals surface area (Å²) in [4.78, 5) is 16.8. The lowest BCUT2D eigenvalue weighted by molar-refractivity contribution is 0.0901. The monoisotopic (exact) mass is 316 g/mol. The second-order valence-corrected chi connectivity index (χ2v) is 6.71. The number of aromatic nitrogens is 1. The molecule has 0 aliphatic heterocycles. The smallest absolute Gasteiger partial charge is 0.253 e. The average Bonchev–Trinajstić information content (AvgIpc) is 2.97. The van der Waals surface area contributed by atoms with Crippen LogP contribution in [0.5, 0.6) is 0 Å². The van der Waals surface area contributed by atoms with Crippen molar-refractivity contribution in [3.05, 3.63) is 41.8 Å². The first kappa shape index (κ1) is 17.2. The van der Waals surface area contributed by atoms with E-state index >= 15 is 0 Å². The van der Waals surface area contributed by atoms with Crippen molar-refractivity contribution >= 4 is 5.91 Å². The number of carbonyl (C=O) groups is 1. The molecule has 0 aliphatic carbocycles. The molecule has 124 valence electrons. The van der Waals surface area contributed by atoms with Gasteiger partial charge in [-0.3, -0.25) is 4.79 Å². The van der Waals surface area contributed by atoms with Gasteiger partial charge in [0, 0.05) is 6.54 Å².